The van der Waals surface area contributed by atoms with Crippen molar-refractivity contribution in [3.63, 3.8) is 0 Å². The molecule has 0 bridgehead atoms. The summed E-state index contributed by atoms with van der Waals surface area (Å²) in [5.41, 5.74) is 0.994. The third-order valence-electron chi connectivity index (χ3n) is 6.60. The third-order valence-corrected chi connectivity index (χ3v) is 6.60. The molecule has 4 aromatic rings. The third kappa shape index (κ3) is 7.43. The van der Waals surface area contributed by atoms with E-state index >= 15 is 0 Å². The minimum atomic E-state index is -1.20. The molecule has 1 aliphatic rings. The highest BCUT2D eigenvalue weighted by Gasteiger charge is 2.26. The number of benzene rings is 1. The maximum absolute atomic E-state index is 13.2. The molecule has 3 N–H and O–H groups in total. The topological polar surface area (TPSA) is 163 Å². The summed E-state index contributed by atoms with van der Waals surface area (Å²) >= 11 is 0. The number of anilines is 4. The largest absolute Gasteiger partial charge is 0.478 e. The van der Waals surface area contributed by atoms with Crippen LogP contribution in [0.3, 0.4) is 0 Å². The van der Waals surface area contributed by atoms with E-state index in [2.05, 4.69) is 30.5 Å². The van der Waals surface area contributed by atoms with Crippen molar-refractivity contribution < 1.29 is 24.2 Å². The zero-order valence-corrected chi connectivity index (χ0v) is 24.5. The number of amides is 2. The number of piperazine rings is 1. The number of carbonyl (C=O) groups is 3. The van der Waals surface area contributed by atoms with Gasteiger partial charge in [-0.2, -0.15) is 0 Å². The smallest absolute Gasteiger partial charge is 0.410 e. The summed E-state index contributed by atoms with van der Waals surface area (Å²) in [6.07, 6.45) is 5.96. The van der Waals surface area contributed by atoms with Crippen LogP contribution in [0.5, 0.6) is 0 Å². The standard InChI is InChI=1S/C31H32N8O5/c1-31(2,3)44-30(43)39-14-12-38(13-15-39)27-16-20(8-9-34-27)24-17-21(18-25(36-24)37-26-19-32-10-11-33-26)35-28(40)22-6-4-5-7-23(22)29(41)42/h4-11,16-19H,12-15H2,1-3H3,(H,41,42)(H2,33,35,36,37,40). The van der Waals surface area contributed by atoms with Crippen molar-refractivity contribution in [3.8, 4) is 11.3 Å². The molecule has 0 unspecified atom stereocenters. The highest BCUT2D eigenvalue weighted by atomic mass is 16.6. The Labute approximate surface area is 254 Å². The van der Waals surface area contributed by atoms with Crippen molar-refractivity contribution >= 4 is 41.1 Å². The van der Waals surface area contributed by atoms with Crippen molar-refractivity contribution in [1.82, 2.24) is 24.8 Å². The maximum atomic E-state index is 13.2. The van der Waals surface area contributed by atoms with E-state index in [0.717, 1.165) is 5.56 Å². The van der Waals surface area contributed by atoms with Gasteiger partial charge in [0.2, 0.25) is 0 Å². The molecule has 13 heteroatoms. The predicted octanol–water partition coefficient (Wildman–Crippen LogP) is 4.68. The lowest BCUT2D eigenvalue weighted by atomic mass is 10.1. The lowest BCUT2D eigenvalue weighted by Crippen LogP contribution is -2.50. The van der Waals surface area contributed by atoms with Gasteiger partial charge in [-0.1, -0.05) is 12.1 Å². The molecule has 0 saturated carbocycles. The summed E-state index contributed by atoms with van der Waals surface area (Å²) in [4.78, 5) is 58.7. The van der Waals surface area contributed by atoms with Gasteiger partial charge in [0, 0.05) is 62.1 Å². The van der Waals surface area contributed by atoms with Gasteiger partial charge in [0.1, 0.15) is 23.1 Å². The zero-order chi connectivity index (χ0) is 31.3. The lowest BCUT2D eigenvalue weighted by Gasteiger charge is -2.36. The fourth-order valence-corrected chi connectivity index (χ4v) is 4.57. The van der Waals surface area contributed by atoms with Gasteiger partial charge in [-0.05, 0) is 51.1 Å². The molecule has 1 aromatic carbocycles. The van der Waals surface area contributed by atoms with Crippen LogP contribution < -0.4 is 15.5 Å². The summed E-state index contributed by atoms with van der Waals surface area (Å²) < 4.78 is 5.51. The Hall–Kier alpha value is -5.59. The average Bonchev–Trinajstić information content (AvgIpc) is 3.01. The quantitative estimate of drug-likeness (QED) is 0.271. The van der Waals surface area contributed by atoms with Gasteiger partial charge in [-0.25, -0.2) is 24.5 Å². The van der Waals surface area contributed by atoms with Gasteiger partial charge >= 0.3 is 12.1 Å². The van der Waals surface area contributed by atoms with Crippen molar-refractivity contribution in [2.75, 3.05) is 41.7 Å². The molecule has 0 atom stereocenters. The molecule has 5 rings (SSSR count). The van der Waals surface area contributed by atoms with E-state index in [-0.39, 0.29) is 17.2 Å². The Bertz CT molecular complexity index is 1670. The van der Waals surface area contributed by atoms with Gasteiger partial charge in [-0.15, -0.1) is 0 Å². The Morgan fingerprint density at radius 3 is 2.32 bits per heavy atom. The molecule has 13 nitrogen and oxygen atoms in total. The number of nitrogens with zero attached hydrogens (tertiary/aromatic N) is 6. The molecule has 4 heterocycles. The predicted molar refractivity (Wildman–Crippen MR) is 164 cm³/mol. The Morgan fingerprint density at radius 1 is 0.886 bits per heavy atom. The Balaban J connectivity index is 1.41. The lowest BCUT2D eigenvalue weighted by molar-refractivity contribution is 0.0240. The van der Waals surface area contributed by atoms with Crippen LogP contribution in [-0.2, 0) is 4.74 Å². The summed E-state index contributed by atoms with van der Waals surface area (Å²) in [6, 6.07) is 13.0. The number of carboxylic acid groups (broad SMARTS) is 1. The number of ether oxygens (including phenoxy) is 1. The number of aromatic nitrogens is 4. The number of rotatable bonds is 7. The first-order valence-corrected chi connectivity index (χ1v) is 13.9. The molecule has 0 aliphatic carbocycles. The molecule has 1 aliphatic heterocycles. The van der Waals surface area contributed by atoms with Crippen LogP contribution in [0.15, 0.2) is 73.3 Å². The molecule has 0 spiro atoms. The fraction of sp³-hybridized carbons (Fsp3) is 0.258. The van der Waals surface area contributed by atoms with E-state index in [1.807, 2.05) is 26.8 Å². The molecule has 1 saturated heterocycles. The van der Waals surface area contributed by atoms with E-state index in [1.54, 1.807) is 47.6 Å². The number of pyridine rings is 2. The van der Waals surface area contributed by atoms with E-state index < -0.39 is 17.5 Å². The molecule has 3 aromatic heterocycles. The van der Waals surface area contributed by atoms with Gasteiger partial charge in [0.05, 0.1) is 23.0 Å². The molecule has 0 radical (unpaired) electrons. The minimum absolute atomic E-state index is 0.0264. The van der Waals surface area contributed by atoms with Gasteiger partial charge in [-0.3, -0.25) is 9.78 Å². The highest BCUT2D eigenvalue weighted by molar-refractivity contribution is 6.10. The van der Waals surface area contributed by atoms with E-state index in [4.69, 9.17) is 9.72 Å². The number of hydrogen-bond acceptors (Lipinski definition) is 10. The number of hydrogen-bond donors (Lipinski definition) is 3. The molecule has 226 valence electrons. The number of aromatic carboxylic acids is 1. The second-order valence-corrected chi connectivity index (χ2v) is 11.0. The van der Waals surface area contributed by atoms with Crippen LogP contribution in [0.2, 0.25) is 0 Å². The second-order valence-electron chi connectivity index (χ2n) is 11.0. The number of carbonyl (C=O) groups excluding carboxylic acids is 2. The van der Waals surface area contributed by atoms with Gasteiger partial charge in [0.25, 0.3) is 5.91 Å². The Kier molecular flexibility index (Phi) is 8.65. The summed E-state index contributed by atoms with van der Waals surface area (Å²) in [5, 5.41) is 15.5. The SMILES string of the molecule is CC(C)(C)OC(=O)N1CCN(c2cc(-c3cc(NC(=O)c4ccccc4C(=O)O)cc(Nc4cnccn4)n3)ccn2)CC1. The van der Waals surface area contributed by atoms with Crippen LogP contribution in [0.4, 0.5) is 27.9 Å². The van der Waals surface area contributed by atoms with Crippen LogP contribution in [0, 0.1) is 0 Å². The van der Waals surface area contributed by atoms with Gasteiger partial charge < -0.3 is 30.3 Å². The van der Waals surface area contributed by atoms with E-state index in [1.165, 1.54) is 24.5 Å². The van der Waals surface area contributed by atoms with Crippen LogP contribution in [0.1, 0.15) is 41.5 Å². The molecule has 44 heavy (non-hydrogen) atoms. The van der Waals surface area contributed by atoms with Crippen molar-refractivity contribution in [2.45, 2.75) is 26.4 Å². The molecule has 1 fully saturated rings. The first-order chi connectivity index (χ1) is 21.1. The van der Waals surface area contributed by atoms with E-state index in [9.17, 15) is 19.5 Å². The van der Waals surface area contributed by atoms with Crippen molar-refractivity contribution in [2.24, 2.45) is 0 Å². The maximum Gasteiger partial charge on any atom is 0.410 e. The van der Waals surface area contributed by atoms with Crippen LogP contribution >= 0.6 is 0 Å². The first-order valence-electron chi connectivity index (χ1n) is 13.9. The van der Waals surface area contributed by atoms with Gasteiger partial charge in [0.15, 0.2) is 0 Å². The fourth-order valence-electron chi connectivity index (χ4n) is 4.57. The highest BCUT2D eigenvalue weighted by Crippen LogP contribution is 2.28. The zero-order valence-electron chi connectivity index (χ0n) is 24.5. The summed E-state index contributed by atoms with van der Waals surface area (Å²) in [5.74, 6) is -0.240. The van der Waals surface area contributed by atoms with Crippen LogP contribution in [0.25, 0.3) is 11.3 Å². The Morgan fingerprint density at radius 2 is 1.64 bits per heavy atom. The number of carboxylic acids is 1. The molecular weight excluding hydrogens is 564 g/mol. The van der Waals surface area contributed by atoms with Crippen molar-refractivity contribution in [1.29, 1.82) is 0 Å². The monoisotopic (exact) mass is 596 g/mol. The molecular formula is C31H32N8O5. The minimum Gasteiger partial charge on any atom is -0.478 e. The normalized spacial score (nSPS) is 13.2. The summed E-state index contributed by atoms with van der Waals surface area (Å²) in [7, 11) is 0. The number of nitrogens with one attached hydrogen (secondary N) is 2. The van der Waals surface area contributed by atoms with Crippen molar-refractivity contribution in [3.05, 3.63) is 84.4 Å². The molecule has 2 amide bonds. The average molecular weight is 597 g/mol. The summed E-state index contributed by atoms with van der Waals surface area (Å²) in [6.45, 7) is 7.65. The first kappa shape index (κ1) is 29.9. The second kappa shape index (κ2) is 12.7. The van der Waals surface area contributed by atoms with Crippen LogP contribution in [-0.4, -0.2) is 79.7 Å². The van der Waals surface area contributed by atoms with E-state index in [0.29, 0.717) is 55.0 Å².